The molecule has 2 heterocycles. The summed E-state index contributed by atoms with van der Waals surface area (Å²) in [6.45, 7) is 2.37. The molecular weight excluding hydrogens is 340 g/mol. The van der Waals surface area contributed by atoms with Crippen LogP contribution in [0.15, 0.2) is 52.9 Å². The van der Waals surface area contributed by atoms with Gasteiger partial charge in [0, 0.05) is 31.1 Å². The number of ether oxygens (including phenoxy) is 1. The van der Waals surface area contributed by atoms with Gasteiger partial charge < -0.3 is 19.4 Å². The van der Waals surface area contributed by atoms with Gasteiger partial charge in [-0.05, 0) is 37.5 Å². The van der Waals surface area contributed by atoms with Crippen LogP contribution in [0.4, 0.5) is 11.4 Å². The number of carbonyl (C=O) groups excluding carboxylic acids is 1. The number of fused-ring (bicyclic) bond motifs is 1. The number of furan rings is 1. The number of piperidine rings is 1. The molecule has 1 saturated heterocycles. The van der Waals surface area contributed by atoms with E-state index in [-0.39, 0.29) is 5.91 Å². The van der Waals surface area contributed by atoms with Crippen molar-refractivity contribution < 1.29 is 13.9 Å². The summed E-state index contributed by atoms with van der Waals surface area (Å²) in [6, 6.07) is 15.6. The molecular formula is C22H24N2O3. The van der Waals surface area contributed by atoms with E-state index in [1.54, 1.807) is 7.11 Å². The van der Waals surface area contributed by atoms with E-state index >= 15 is 0 Å². The van der Waals surface area contributed by atoms with Crippen molar-refractivity contribution in [1.82, 2.24) is 0 Å². The summed E-state index contributed by atoms with van der Waals surface area (Å²) in [5.74, 6) is 0.0641. The Morgan fingerprint density at radius 3 is 2.63 bits per heavy atom. The van der Waals surface area contributed by atoms with Crippen molar-refractivity contribution in [2.75, 3.05) is 30.4 Å². The van der Waals surface area contributed by atoms with E-state index in [1.165, 1.54) is 19.3 Å². The Bertz CT molecular complexity index is 942. The van der Waals surface area contributed by atoms with Gasteiger partial charge in [-0.2, -0.15) is 0 Å². The number of para-hydroxylation sites is 3. The van der Waals surface area contributed by atoms with E-state index in [2.05, 4.69) is 16.3 Å². The van der Waals surface area contributed by atoms with Gasteiger partial charge in [0.05, 0.1) is 18.0 Å². The third-order valence-corrected chi connectivity index (χ3v) is 5.04. The van der Waals surface area contributed by atoms with Gasteiger partial charge in [0.1, 0.15) is 5.58 Å². The van der Waals surface area contributed by atoms with Gasteiger partial charge >= 0.3 is 0 Å². The van der Waals surface area contributed by atoms with Crippen LogP contribution in [0, 0.1) is 0 Å². The highest BCUT2D eigenvalue weighted by Gasteiger charge is 2.22. The lowest BCUT2D eigenvalue weighted by molar-refractivity contribution is 0.0992. The Morgan fingerprint density at radius 1 is 1.07 bits per heavy atom. The molecule has 0 bridgehead atoms. The maximum atomic E-state index is 13.0. The monoisotopic (exact) mass is 364 g/mol. The molecule has 0 saturated carbocycles. The number of nitrogens with zero attached hydrogens (tertiary/aromatic N) is 1. The lowest BCUT2D eigenvalue weighted by Gasteiger charge is -2.30. The Balaban J connectivity index is 1.65. The molecule has 1 fully saturated rings. The van der Waals surface area contributed by atoms with Gasteiger partial charge in [0.25, 0.3) is 5.91 Å². The second kappa shape index (κ2) is 7.84. The van der Waals surface area contributed by atoms with Crippen molar-refractivity contribution in [3.63, 3.8) is 0 Å². The molecule has 2 aromatic carbocycles. The van der Waals surface area contributed by atoms with Crippen LogP contribution in [0.3, 0.4) is 0 Å². The first-order chi connectivity index (χ1) is 13.3. The Labute approximate surface area is 158 Å². The first-order valence-electron chi connectivity index (χ1n) is 9.42. The summed E-state index contributed by atoms with van der Waals surface area (Å²) >= 11 is 0. The van der Waals surface area contributed by atoms with Crippen LogP contribution in [-0.4, -0.2) is 26.1 Å². The van der Waals surface area contributed by atoms with Gasteiger partial charge in [0.2, 0.25) is 0 Å². The Hall–Kier alpha value is -2.79. The maximum absolute atomic E-state index is 13.0. The highest BCUT2D eigenvalue weighted by atomic mass is 16.5. The van der Waals surface area contributed by atoms with E-state index in [1.807, 2.05) is 42.5 Å². The lowest BCUT2D eigenvalue weighted by Crippen LogP contribution is -2.30. The van der Waals surface area contributed by atoms with Crippen LogP contribution < -0.4 is 10.2 Å². The van der Waals surface area contributed by atoms with Crippen molar-refractivity contribution in [3.8, 4) is 0 Å². The molecule has 5 nitrogen and oxygen atoms in total. The summed E-state index contributed by atoms with van der Waals surface area (Å²) in [7, 11) is 1.62. The summed E-state index contributed by atoms with van der Waals surface area (Å²) in [5, 5.41) is 3.96. The molecule has 27 heavy (non-hydrogen) atoms. The first kappa shape index (κ1) is 17.6. The molecule has 0 unspecified atom stereocenters. The topological polar surface area (TPSA) is 54.7 Å². The van der Waals surface area contributed by atoms with E-state index in [0.29, 0.717) is 18.0 Å². The molecule has 1 aliphatic heterocycles. The second-order valence-electron chi connectivity index (χ2n) is 6.86. The van der Waals surface area contributed by atoms with Gasteiger partial charge in [-0.3, -0.25) is 4.79 Å². The fraction of sp³-hybridized carbons (Fsp3) is 0.318. The molecule has 3 aromatic rings. The second-order valence-corrected chi connectivity index (χ2v) is 6.86. The van der Waals surface area contributed by atoms with Crippen LogP contribution in [0.5, 0.6) is 0 Å². The fourth-order valence-electron chi connectivity index (χ4n) is 3.74. The van der Waals surface area contributed by atoms with Crippen molar-refractivity contribution in [1.29, 1.82) is 0 Å². The van der Waals surface area contributed by atoms with E-state index in [0.717, 1.165) is 35.4 Å². The Morgan fingerprint density at radius 2 is 1.81 bits per heavy atom. The minimum absolute atomic E-state index is 0.247. The molecule has 1 aliphatic rings. The van der Waals surface area contributed by atoms with Crippen molar-refractivity contribution in [2.45, 2.75) is 25.9 Å². The fourth-order valence-corrected chi connectivity index (χ4v) is 3.74. The van der Waals surface area contributed by atoms with Crippen molar-refractivity contribution in [2.24, 2.45) is 0 Å². The van der Waals surface area contributed by atoms with Crippen LogP contribution in [-0.2, 0) is 11.3 Å². The summed E-state index contributed by atoms with van der Waals surface area (Å²) in [4.78, 5) is 15.4. The number of nitrogens with one attached hydrogen (secondary N) is 1. The summed E-state index contributed by atoms with van der Waals surface area (Å²) in [6.07, 6.45) is 3.64. The largest absolute Gasteiger partial charge is 0.451 e. The number of carbonyl (C=O) groups is 1. The number of benzene rings is 2. The smallest absolute Gasteiger partial charge is 0.291 e. The molecule has 0 radical (unpaired) electrons. The molecule has 1 amide bonds. The van der Waals surface area contributed by atoms with Crippen molar-refractivity contribution >= 4 is 28.3 Å². The molecule has 1 N–H and O–H groups in total. The summed E-state index contributed by atoms with van der Waals surface area (Å²) in [5.41, 5.74) is 3.35. The van der Waals surface area contributed by atoms with Crippen molar-refractivity contribution in [3.05, 3.63) is 59.9 Å². The average Bonchev–Trinajstić information content (AvgIpc) is 3.08. The van der Waals surface area contributed by atoms with Crippen LogP contribution in [0.1, 0.15) is 35.4 Å². The standard InChI is InChI=1S/C22H24N2O3/c1-26-15-17-16-9-3-6-12-20(16)27-21(17)22(25)23-18-10-4-5-11-19(18)24-13-7-2-8-14-24/h3-6,9-12H,2,7-8,13-15H2,1H3,(H,23,25). The number of anilines is 2. The van der Waals surface area contributed by atoms with E-state index < -0.39 is 0 Å². The van der Waals surface area contributed by atoms with Crippen LogP contribution in [0.2, 0.25) is 0 Å². The molecule has 0 spiro atoms. The maximum Gasteiger partial charge on any atom is 0.291 e. The third kappa shape index (κ3) is 3.55. The molecule has 1 aromatic heterocycles. The highest BCUT2D eigenvalue weighted by molar-refractivity contribution is 6.07. The molecule has 4 rings (SSSR count). The SMILES string of the molecule is COCc1c(C(=O)Nc2ccccc2N2CCCCC2)oc2ccccc12. The number of methoxy groups -OCH3 is 1. The van der Waals surface area contributed by atoms with Crippen LogP contribution >= 0.6 is 0 Å². The minimum atomic E-state index is -0.247. The van der Waals surface area contributed by atoms with E-state index in [4.69, 9.17) is 9.15 Å². The minimum Gasteiger partial charge on any atom is -0.451 e. The van der Waals surface area contributed by atoms with Gasteiger partial charge in [0.15, 0.2) is 5.76 Å². The number of amides is 1. The summed E-state index contributed by atoms with van der Waals surface area (Å²) < 4.78 is 11.2. The molecule has 0 atom stereocenters. The molecule has 5 heteroatoms. The van der Waals surface area contributed by atoms with Gasteiger partial charge in [-0.1, -0.05) is 30.3 Å². The molecule has 0 aliphatic carbocycles. The highest BCUT2D eigenvalue weighted by Crippen LogP contribution is 2.31. The van der Waals surface area contributed by atoms with Gasteiger partial charge in [-0.25, -0.2) is 0 Å². The number of rotatable bonds is 5. The normalized spacial score (nSPS) is 14.5. The zero-order valence-corrected chi connectivity index (χ0v) is 15.5. The number of hydrogen-bond acceptors (Lipinski definition) is 4. The van der Waals surface area contributed by atoms with Gasteiger partial charge in [-0.15, -0.1) is 0 Å². The Kier molecular flexibility index (Phi) is 5.12. The predicted molar refractivity (Wildman–Crippen MR) is 107 cm³/mol. The number of hydrogen-bond donors (Lipinski definition) is 1. The predicted octanol–water partition coefficient (Wildman–Crippen LogP) is 4.82. The first-order valence-corrected chi connectivity index (χ1v) is 9.42. The zero-order valence-electron chi connectivity index (χ0n) is 15.5. The van der Waals surface area contributed by atoms with E-state index in [9.17, 15) is 4.79 Å². The average molecular weight is 364 g/mol. The third-order valence-electron chi connectivity index (χ3n) is 5.04. The quantitative estimate of drug-likeness (QED) is 0.705. The zero-order chi connectivity index (χ0) is 18.6. The molecule has 140 valence electrons. The lowest BCUT2D eigenvalue weighted by atomic mass is 10.1. The van der Waals surface area contributed by atoms with Crippen LogP contribution in [0.25, 0.3) is 11.0 Å².